The van der Waals surface area contributed by atoms with Crippen LogP contribution in [0.25, 0.3) is 0 Å². The molecular formula is C12H19N5O. The lowest BCUT2D eigenvalue weighted by Crippen LogP contribution is -2.41. The molecule has 0 radical (unpaired) electrons. The third-order valence-corrected chi connectivity index (χ3v) is 3.83. The molecule has 1 saturated carbocycles. The largest absolute Gasteiger partial charge is 0.350 e. The minimum Gasteiger partial charge on any atom is -0.350 e. The highest BCUT2D eigenvalue weighted by Gasteiger charge is 2.35. The van der Waals surface area contributed by atoms with Crippen LogP contribution in [-0.4, -0.2) is 22.6 Å². The maximum absolute atomic E-state index is 11.9. The molecule has 6 nitrogen and oxygen atoms in total. The Morgan fingerprint density at radius 2 is 2.22 bits per heavy atom. The van der Waals surface area contributed by atoms with Gasteiger partial charge < -0.3 is 10.7 Å². The van der Waals surface area contributed by atoms with Crippen LogP contribution in [0.1, 0.15) is 43.1 Å². The van der Waals surface area contributed by atoms with Crippen molar-refractivity contribution in [3.05, 3.63) is 17.8 Å². The van der Waals surface area contributed by atoms with Crippen molar-refractivity contribution >= 4 is 11.7 Å². The van der Waals surface area contributed by atoms with Crippen molar-refractivity contribution in [1.82, 2.24) is 15.5 Å². The van der Waals surface area contributed by atoms with Crippen molar-refractivity contribution in [2.75, 3.05) is 12.0 Å². The molecule has 4 N–H and O–H groups in total. The van der Waals surface area contributed by atoms with Crippen molar-refractivity contribution in [1.29, 1.82) is 0 Å². The summed E-state index contributed by atoms with van der Waals surface area (Å²) in [4.78, 5) is 11.9. The Labute approximate surface area is 106 Å². The first kappa shape index (κ1) is 12.8. The predicted octanol–water partition coefficient (Wildman–Crippen LogP) is 1.07. The van der Waals surface area contributed by atoms with Crippen molar-refractivity contribution in [3.63, 3.8) is 0 Å². The molecule has 1 aromatic rings. The predicted molar refractivity (Wildman–Crippen MR) is 68.8 cm³/mol. The molecule has 6 heteroatoms. The summed E-state index contributed by atoms with van der Waals surface area (Å²) >= 11 is 0. The average molecular weight is 249 g/mol. The van der Waals surface area contributed by atoms with Gasteiger partial charge in [0, 0.05) is 6.54 Å². The van der Waals surface area contributed by atoms with E-state index >= 15 is 0 Å². The molecule has 0 atom stereocenters. The highest BCUT2D eigenvalue weighted by molar-refractivity contribution is 5.92. The quantitative estimate of drug-likeness (QED) is 0.536. The van der Waals surface area contributed by atoms with Gasteiger partial charge in [-0.1, -0.05) is 13.3 Å². The molecule has 0 spiro atoms. The number of nitrogens with zero attached hydrogens (tertiary/aromatic N) is 2. The monoisotopic (exact) mass is 249 g/mol. The Morgan fingerprint density at radius 3 is 2.67 bits per heavy atom. The number of nitrogen functional groups attached to an aromatic ring is 1. The van der Waals surface area contributed by atoms with Gasteiger partial charge in [-0.25, -0.2) is 5.84 Å². The molecule has 1 heterocycles. The van der Waals surface area contributed by atoms with Crippen LogP contribution in [0, 0.1) is 5.41 Å². The van der Waals surface area contributed by atoms with E-state index in [2.05, 4.69) is 27.9 Å². The Kier molecular flexibility index (Phi) is 3.76. The van der Waals surface area contributed by atoms with Crippen LogP contribution in [0.4, 0.5) is 5.82 Å². The molecule has 0 unspecified atom stereocenters. The van der Waals surface area contributed by atoms with Crippen molar-refractivity contribution in [2.24, 2.45) is 11.3 Å². The minimum atomic E-state index is -0.175. The first-order valence-corrected chi connectivity index (χ1v) is 6.28. The molecule has 1 fully saturated rings. The number of rotatable bonds is 5. The Morgan fingerprint density at radius 1 is 1.44 bits per heavy atom. The topological polar surface area (TPSA) is 92.9 Å². The normalized spacial score (nSPS) is 16.8. The SMILES string of the molecule is CCC1(CNC(=O)c2ccc(NN)nn2)CCC1. The van der Waals surface area contributed by atoms with Crippen LogP contribution >= 0.6 is 0 Å². The summed E-state index contributed by atoms with van der Waals surface area (Å²) in [5, 5.41) is 10.5. The first-order chi connectivity index (χ1) is 8.69. The highest BCUT2D eigenvalue weighted by atomic mass is 16.1. The molecule has 98 valence electrons. The second-order valence-electron chi connectivity index (χ2n) is 4.84. The molecule has 0 saturated heterocycles. The van der Waals surface area contributed by atoms with Gasteiger partial charge in [-0.3, -0.25) is 4.79 Å². The molecule has 1 aliphatic rings. The summed E-state index contributed by atoms with van der Waals surface area (Å²) in [6, 6.07) is 3.23. The molecule has 1 amide bonds. The van der Waals surface area contributed by atoms with Gasteiger partial charge >= 0.3 is 0 Å². The Hall–Kier alpha value is -1.69. The standard InChI is InChI=1S/C12H19N5O/c1-2-12(6-3-7-12)8-14-11(18)9-4-5-10(15-13)17-16-9/h4-5H,2-3,6-8,13H2,1H3,(H,14,18)(H,15,17). The number of hydrogen-bond acceptors (Lipinski definition) is 5. The third kappa shape index (κ3) is 2.59. The summed E-state index contributed by atoms with van der Waals surface area (Å²) in [6.45, 7) is 2.90. The Bertz CT molecular complexity index is 407. The molecule has 2 rings (SSSR count). The van der Waals surface area contributed by atoms with E-state index in [4.69, 9.17) is 5.84 Å². The fraction of sp³-hybridized carbons (Fsp3) is 0.583. The van der Waals surface area contributed by atoms with Crippen LogP contribution in [0.2, 0.25) is 0 Å². The smallest absolute Gasteiger partial charge is 0.271 e. The van der Waals surface area contributed by atoms with Gasteiger partial charge in [-0.15, -0.1) is 10.2 Å². The summed E-state index contributed by atoms with van der Waals surface area (Å²) in [7, 11) is 0. The van der Waals surface area contributed by atoms with E-state index < -0.39 is 0 Å². The number of nitrogens with one attached hydrogen (secondary N) is 2. The third-order valence-electron chi connectivity index (χ3n) is 3.83. The van der Waals surface area contributed by atoms with Gasteiger partial charge in [0.1, 0.15) is 0 Å². The van der Waals surface area contributed by atoms with E-state index in [1.165, 1.54) is 19.3 Å². The molecule has 0 aromatic carbocycles. The first-order valence-electron chi connectivity index (χ1n) is 6.28. The van der Waals surface area contributed by atoms with Gasteiger partial charge in [0.05, 0.1) is 0 Å². The fourth-order valence-corrected chi connectivity index (χ4v) is 2.22. The highest BCUT2D eigenvalue weighted by Crippen LogP contribution is 2.43. The van der Waals surface area contributed by atoms with Crippen LogP contribution in [-0.2, 0) is 0 Å². The van der Waals surface area contributed by atoms with Gasteiger partial charge in [0.2, 0.25) is 0 Å². The van der Waals surface area contributed by atoms with Crippen LogP contribution in [0.3, 0.4) is 0 Å². The van der Waals surface area contributed by atoms with E-state index in [0.29, 0.717) is 16.9 Å². The van der Waals surface area contributed by atoms with E-state index in [0.717, 1.165) is 13.0 Å². The number of carbonyl (C=O) groups excluding carboxylic acids is 1. The minimum absolute atomic E-state index is 0.175. The fourth-order valence-electron chi connectivity index (χ4n) is 2.22. The lowest BCUT2D eigenvalue weighted by Gasteiger charge is -2.41. The summed E-state index contributed by atoms with van der Waals surface area (Å²) in [6.07, 6.45) is 4.77. The maximum atomic E-state index is 11.9. The molecular weight excluding hydrogens is 230 g/mol. The lowest BCUT2D eigenvalue weighted by atomic mass is 9.67. The van der Waals surface area contributed by atoms with Crippen molar-refractivity contribution < 1.29 is 4.79 Å². The lowest BCUT2D eigenvalue weighted by molar-refractivity contribution is 0.0844. The van der Waals surface area contributed by atoms with E-state index in [1.54, 1.807) is 12.1 Å². The van der Waals surface area contributed by atoms with Gasteiger partial charge in [0.25, 0.3) is 5.91 Å². The number of hydrogen-bond donors (Lipinski definition) is 3. The summed E-state index contributed by atoms with van der Waals surface area (Å²) in [5.74, 6) is 5.45. The van der Waals surface area contributed by atoms with Crippen LogP contribution in [0.5, 0.6) is 0 Å². The molecule has 18 heavy (non-hydrogen) atoms. The summed E-state index contributed by atoms with van der Waals surface area (Å²) < 4.78 is 0. The second kappa shape index (κ2) is 5.30. The van der Waals surface area contributed by atoms with Gasteiger partial charge in [-0.2, -0.15) is 0 Å². The second-order valence-corrected chi connectivity index (χ2v) is 4.84. The van der Waals surface area contributed by atoms with Crippen LogP contribution < -0.4 is 16.6 Å². The number of anilines is 1. The van der Waals surface area contributed by atoms with E-state index in [1.807, 2.05) is 0 Å². The number of hydrazine groups is 1. The zero-order chi connectivity index (χ0) is 13.0. The van der Waals surface area contributed by atoms with E-state index in [-0.39, 0.29) is 5.91 Å². The van der Waals surface area contributed by atoms with Gasteiger partial charge in [-0.05, 0) is 36.8 Å². The molecule has 1 aliphatic carbocycles. The Balaban J connectivity index is 1.90. The van der Waals surface area contributed by atoms with Crippen molar-refractivity contribution in [3.8, 4) is 0 Å². The molecule has 0 aliphatic heterocycles. The van der Waals surface area contributed by atoms with Crippen molar-refractivity contribution in [2.45, 2.75) is 32.6 Å². The maximum Gasteiger partial charge on any atom is 0.271 e. The zero-order valence-electron chi connectivity index (χ0n) is 10.6. The number of carbonyl (C=O) groups is 1. The van der Waals surface area contributed by atoms with Crippen LogP contribution in [0.15, 0.2) is 12.1 Å². The van der Waals surface area contributed by atoms with E-state index in [9.17, 15) is 4.79 Å². The van der Waals surface area contributed by atoms with Gasteiger partial charge in [0.15, 0.2) is 11.5 Å². The molecule has 0 bridgehead atoms. The molecule has 1 aromatic heterocycles. The number of nitrogens with two attached hydrogens (primary N) is 1. The summed E-state index contributed by atoms with van der Waals surface area (Å²) in [5.41, 5.74) is 3.00. The zero-order valence-corrected chi connectivity index (χ0v) is 10.6. The number of aromatic nitrogens is 2. The average Bonchev–Trinajstić information content (AvgIpc) is 2.38. The number of amides is 1.